The number of hydrogen-bond acceptors (Lipinski definition) is 5. The Morgan fingerprint density at radius 1 is 1.21 bits per heavy atom. The fourth-order valence-electron chi connectivity index (χ4n) is 2.29. The molecule has 124 valence electrons. The van der Waals surface area contributed by atoms with Crippen molar-refractivity contribution in [1.82, 2.24) is 15.0 Å². The van der Waals surface area contributed by atoms with Crippen LogP contribution in [0.25, 0.3) is 22.3 Å². The van der Waals surface area contributed by atoms with Gasteiger partial charge in [-0.15, -0.1) is 0 Å². The molecule has 24 heavy (non-hydrogen) atoms. The third-order valence-corrected chi connectivity index (χ3v) is 3.34. The van der Waals surface area contributed by atoms with Crippen LogP contribution in [0.15, 0.2) is 36.7 Å². The highest BCUT2D eigenvalue weighted by atomic mass is 16.6. The molecule has 0 atom stereocenters. The van der Waals surface area contributed by atoms with Crippen molar-refractivity contribution in [2.24, 2.45) is 0 Å². The van der Waals surface area contributed by atoms with Gasteiger partial charge in [0.25, 0.3) is 0 Å². The molecule has 6 heteroatoms. The molecule has 3 rings (SSSR count). The van der Waals surface area contributed by atoms with Crippen LogP contribution in [0.3, 0.4) is 0 Å². The summed E-state index contributed by atoms with van der Waals surface area (Å²) >= 11 is 0. The highest BCUT2D eigenvalue weighted by molar-refractivity contribution is 5.91. The third-order valence-electron chi connectivity index (χ3n) is 3.34. The van der Waals surface area contributed by atoms with Crippen LogP contribution in [0.2, 0.25) is 0 Å². The molecule has 1 N–H and O–H groups in total. The molecule has 0 spiro atoms. The molecule has 0 unspecified atom stereocenters. The summed E-state index contributed by atoms with van der Waals surface area (Å²) in [7, 11) is 1.51. The fourth-order valence-corrected chi connectivity index (χ4v) is 2.29. The zero-order valence-corrected chi connectivity index (χ0v) is 14.1. The summed E-state index contributed by atoms with van der Waals surface area (Å²) < 4.78 is 10.7. The number of methoxy groups -OCH3 is 1. The Balaban J connectivity index is 2.04. The Morgan fingerprint density at radius 3 is 2.71 bits per heavy atom. The summed E-state index contributed by atoms with van der Waals surface area (Å²) in [6, 6.07) is 7.15. The summed E-state index contributed by atoms with van der Waals surface area (Å²) in [5, 5.41) is 0.968. The lowest BCUT2D eigenvalue weighted by Crippen LogP contribution is -2.24. The number of esters is 1. The molecule has 0 saturated carbocycles. The minimum atomic E-state index is -0.570. The van der Waals surface area contributed by atoms with Crippen molar-refractivity contribution in [1.29, 1.82) is 0 Å². The number of hydrogen-bond donors (Lipinski definition) is 1. The van der Waals surface area contributed by atoms with Crippen LogP contribution in [0.5, 0.6) is 5.88 Å². The van der Waals surface area contributed by atoms with E-state index in [9.17, 15) is 4.79 Å². The van der Waals surface area contributed by atoms with Crippen LogP contribution in [0, 0.1) is 0 Å². The zero-order chi connectivity index (χ0) is 17.3. The van der Waals surface area contributed by atoms with Gasteiger partial charge in [0.15, 0.2) is 0 Å². The molecule has 0 amide bonds. The molecule has 0 saturated heterocycles. The average Bonchev–Trinajstić information content (AvgIpc) is 3.00. The number of ether oxygens (including phenoxy) is 2. The van der Waals surface area contributed by atoms with Gasteiger partial charge in [-0.1, -0.05) is 0 Å². The van der Waals surface area contributed by atoms with E-state index in [0.717, 1.165) is 16.6 Å². The van der Waals surface area contributed by atoms with Crippen LogP contribution in [0.4, 0.5) is 0 Å². The molecule has 0 aromatic carbocycles. The topological polar surface area (TPSA) is 77.1 Å². The first-order chi connectivity index (χ1) is 11.4. The van der Waals surface area contributed by atoms with Gasteiger partial charge in [-0.3, -0.25) is 0 Å². The summed E-state index contributed by atoms with van der Waals surface area (Å²) in [5.41, 5.74) is 2.02. The smallest absolute Gasteiger partial charge is 0.338 e. The van der Waals surface area contributed by atoms with Gasteiger partial charge < -0.3 is 14.5 Å². The van der Waals surface area contributed by atoms with E-state index in [-0.39, 0.29) is 0 Å². The summed E-state index contributed by atoms with van der Waals surface area (Å²) in [4.78, 5) is 24.2. The van der Waals surface area contributed by atoms with Crippen LogP contribution < -0.4 is 4.74 Å². The van der Waals surface area contributed by atoms with E-state index in [4.69, 9.17) is 9.47 Å². The number of rotatable bonds is 3. The lowest BCUT2D eigenvalue weighted by atomic mass is 10.1. The second-order valence-electron chi connectivity index (χ2n) is 6.42. The second kappa shape index (κ2) is 5.96. The van der Waals surface area contributed by atoms with Gasteiger partial charge in [0, 0.05) is 29.4 Å². The Labute approximate surface area is 139 Å². The maximum Gasteiger partial charge on any atom is 0.338 e. The summed E-state index contributed by atoms with van der Waals surface area (Å²) in [5.74, 6) is -0.0670. The fraction of sp³-hybridized carbons (Fsp3) is 0.278. The molecule has 0 fully saturated rings. The number of fused-ring (bicyclic) bond motifs is 1. The zero-order valence-electron chi connectivity index (χ0n) is 14.1. The predicted octanol–water partition coefficient (Wildman–Crippen LogP) is 3.59. The normalized spacial score (nSPS) is 11.5. The van der Waals surface area contributed by atoms with E-state index < -0.39 is 11.6 Å². The van der Waals surface area contributed by atoms with Gasteiger partial charge in [-0.25, -0.2) is 14.8 Å². The van der Waals surface area contributed by atoms with Crippen molar-refractivity contribution in [3.8, 4) is 17.1 Å². The first kappa shape index (κ1) is 16.0. The number of aromatic nitrogens is 3. The largest absolute Gasteiger partial charge is 0.481 e. The molecular formula is C18H19N3O3. The molecule has 0 aliphatic rings. The van der Waals surface area contributed by atoms with Gasteiger partial charge in [-0.2, -0.15) is 0 Å². The van der Waals surface area contributed by atoms with Crippen molar-refractivity contribution in [3.63, 3.8) is 0 Å². The van der Waals surface area contributed by atoms with Crippen LogP contribution >= 0.6 is 0 Å². The Bertz CT molecular complexity index is 894. The molecule has 3 aromatic rings. The maximum atomic E-state index is 12.4. The first-order valence-corrected chi connectivity index (χ1v) is 7.59. The Morgan fingerprint density at radius 2 is 2.00 bits per heavy atom. The summed E-state index contributed by atoms with van der Waals surface area (Å²) in [6.07, 6.45) is 3.53. The number of carbonyl (C=O) groups is 1. The molecule has 0 aliphatic carbocycles. The number of carbonyl (C=O) groups excluding carboxylic acids is 1. The number of pyridine rings is 2. The van der Waals surface area contributed by atoms with E-state index in [1.54, 1.807) is 18.3 Å². The highest BCUT2D eigenvalue weighted by Crippen LogP contribution is 2.25. The van der Waals surface area contributed by atoms with E-state index in [2.05, 4.69) is 15.0 Å². The van der Waals surface area contributed by atoms with E-state index in [1.165, 1.54) is 7.11 Å². The first-order valence-electron chi connectivity index (χ1n) is 7.59. The lowest BCUT2D eigenvalue weighted by molar-refractivity contribution is 0.00690. The maximum absolute atomic E-state index is 12.4. The van der Waals surface area contributed by atoms with Crippen LogP contribution in [-0.2, 0) is 4.74 Å². The van der Waals surface area contributed by atoms with Gasteiger partial charge in [-0.05, 0) is 39.0 Å². The predicted molar refractivity (Wildman–Crippen MR) is 91.0 cm³/mol. The van der Waals surface area contributed by atoms with Crippen molar-refractivity contribution in [2.75, 3.05) is 7.11 Å². The average molecular weight is 325 g/mol. The minimum absolute atomic E-state index is 0.350. The minimum Gasteiger partial charge on any atom is -0.481 e. The van der Waals surface area contributed by atoms with Crippen LogP contribution in [-0.4, -0.2) is 33.6 Å². The van der Waals surface area contributed by atoms with Gasteiger partial charge in [0.2, 0.25) is 5.88 Å². The van der Waals surface area contributed by atoms with Crippen molar-refractivity contribution < 1.29 is 14.3 Å². The lowest BCUT2D eigenvalue weighted by Gasteiger charge is -2.19. The van der Waals surface area contributed by atoms with Gasteiger partial charge in [0.1, 0.15) is 11.2 Å². The third kappa shape index (κ3) is 3.37. The standard InChI is InChI=1S/C18H19N3O3/c1-18(2,3)24-17(22)12-8-14(21-15(9-12)23-4)13-7-11-5-6-19-16(11)20-10-13/h5-10H,1-4H3,(H,19,20). The summed E-state index contributed by atoms with van der Waals surface area (Å²) in [6.45, 7) is 5.48. The number of aromatic amines is 1. The molecule has 0 radical (unpaired) electrons. The SMILES string of the molecule is COc1cc(C(=O)OC(C)(C)C)cc(-c2cnc3[nH]ccc3c2)n1. The quantitative estimate of drug-likeness (QED) is 0.745. The van der Waals surface area contributed by atoms with Gasteiger partial charge >= 0.3 is 5.97 Å². The monoisotopic (exact) mass is 325 g/mol. The van der Waals surface area contributed by atoms with E-state index in [0.29, 0.717) is 17.1 Å². The molecule has 0 aliphatic heterocycles. The van der Waals surface area contributed by atoms with Crippen molar-refractivity contribution >= 4 is 17.0 Å². The highest BCUT2D eigenvalue weighted by Gasteiger charge is 2.20. The number of H-pyrrole nitrogens is 1. The Kier molecular flexibility index (Phi) is 3.97. The molecule has 6 nitrogen and oxygen atoms in total. The molecule has 3 heterocycles. The second-order valence-corrected chi connectivity index (χ2v) is 6.42. The van der Waals surface area contributed by atoms with Crippen LogP contribution in [0.1, 0.15) is 31.1 Å². The molecule has 3 aromatic heterocycles. The number of nitrogens with one attached hydrogen (secondary N) is 1. The van der Waals surface area contributed by atoms with E-state index >= 15 is 0 Å². The van der Waals surface area contributed by atoms with E-state index in [1.807, 2.05) is 39.1 Å². The van der Waals surface area contributed by atoms with Gasteiger partial charge in [0.05, 0.1) is 18.4 Å². The number of nitrogens with zero attached hydrogens (tertiary/aromatic N) is 2. The molecular weight excluding hydrogens is 306 g/mol. The van der Waals surface area contributed by atoms with Crippen molar-refractivity contribution in [3.05, 3.63) is 42.2 Å². The Hall–Kier alpha value is -2.89. The van der Waals surface area contributed by atoms with Crippen molar-refractivity contribution in [2.45, 2.75) is 26.4 Å². The molecule has 0 bridgehead atoms.